The summed E-state index contributed by atoms with van der Waals surface area (Å²) in [5.41, 5.74) is 4.07. The van der Waals surface area contributed by atoms with Crippen molar-refractivity contribution in [3.05, 3.63) is 47.8 Å². The van der Waals surface area contributed by atoms with Crippen molar-refractivity contribution in [2.24, 2.45) is 7.05 Å². The Kier molecular flexibility index (Phi) is 4.03. The molecule has 0 saturated carbocycles. The van der Waals surface area contributed by atoms with E-state index in [4.69, 9.17) is 9.15 Å². The lowest BCUT2D eigenvalue weighted by Crippen LogP contribution is -2.50. The molecule has 1 saturated heterocycles. The van der Waals surface area contributed by atoms with E-state index in [-0.39, 0.29) is 5.82 Å². The zero-order chi connectivity index (χ0) is 19.3. The minimum atomic E-state index is -0.314. The molecule has 0 bridgehead atoms. The van der Waals surface area contributed by atoms with Crippen molar-refractivity contribution >= 4 is 34.1 Å². The number of methoxy groups -OCH3 is 1. The van der Waals surface area contributed by atoms with Crippen molar-refractivity contribution in [2.75, 3.05) is 25.5 Å². The SMILES string of the molecule is COC1CN(Cc2ccc3oc(Nc4nc5cc(F)ccc5n4C)nc3c2)C1. The molecule has 3 heterocycles. The van der Waals surface area contributed by atoms with Crippen molar-refractivity contribution in [2.45, 2.75) is 12.6 Å². The molecule has 2 aromatic heterocycles. The minimum Gasteiger partial charge on any atom is -0.423 e. The lowest BCUT2D eigenvalue weighted by Gasteiger charge is -2.38. The molecule has 4 aromatic rings. The number of aromatic nitrogens is 3. The Bertz CT molecular complexity index is 1160. The quantitative estimate of drug-likeness (QED) is 0.571. The number of oxazole rings is 1. The van der Waals surface area contributed by atoms with E-state index in [0.29, 0.717) is 29.2 Å². The third-order valence-corrected chi connectivity index (χ3v) is 5.18. The number of aryl methyl sites for hydroxylation is 1. The van der Waals surface area contributed by atoms with Gasteiger partial charge in [-0.2, -0.15) is 4.98 Å². The molecule has 0 radical (unpaired) electrons. The molecular formula is C20H20FN5O2. The Morgan fingerprint density at radius 2 is 2.04 bits per heavy atom. The largest absolute Gasteiger partial charge is 0.423 e. The van der Waals surface area contributed by atoms with Crippen LogP contribution < -0.4 is 5.32 Å². The molecule has 1 fully saturated rings. The Hall–Kier alpha value is -2.97. The Labute approximate surface area is 160 Å². The van der Waals surface area contributed by atoms with Gasteiger partial charge in [-0.1, -0.05) is 6.07 Å². The van der Waals surface area contributed by atoms with Gasteiger partial charge in [0.25, 0.3) is 0 Å². The summed E-state index contributed by atoms with van der Waals surface area (Å²) in [7, 11) is 3.61. The monoisotopic (exact) mass is 381 g/mol. The number of ether oxygens (including phenoxy) is 1. The molecule has 1 aliphatic heterocycles. The summed E-state index contributed by atoms with van der Waals surface area (Å²) in [6.07, 6.45) is 0.341. The smallest absolute Gasteiger partial charge is 0.302 e. The van der Waals surface area contributed by atoms with Crippen LogP contribution in [-0.4, -0.2) is 45.7 Å². The van der Waals surface area contributed by atoms with Crippen molar-refractivity contribution in [1.82, 2.24) is 19.4 Å². The van der Waals surface area contributed by atoms with Gasteiger partial charge in [-0.15, -0.1) is 0 Å². The molecule has 28 heavy (non-hydrogen) atoms. The first kappa shape index (κ1) is 17.2. The van der Waals surface area contributed by atoms with Crippen LogP contribution in [0.4, 0.5) is 16.4 Å². The van der Waals surface area contributed by atoms with Crippen molar-refractivity contribution in [1.29, 1.82) is 0 Å². The lowest BCUT2D eigenvalue weighted by atomic mass is 10.1. The number of nitrogens with zero attached hydrogens (tertiary/aromatic N) is 4. The average molecular weight is 381 g/mol. The van der Waals surface area contributed by atoms with E-state index in [0.717, 1.165) is 30.7 Å². The third-order valence-electron chi connectivity index (χ3n) is 5.18. The van der Waals surface area contributed by atoms with Gasteiger partial charge >= 0.3 is 6.01 Å². The highest BCUT2D eigenvalue weighted by atomic mass is 19.1. The molecular weight excluding hydrogens is 361 g/mol. The molecule has 8 heteroatoms. The van der Waals surface area contributed by atoms with E-state index in [2.05, 4.69) is 26.3 Å². The fourth-order valence-corrected chi connectivity index (χ4v) is 3.56. The van der Waals surface area contributed by atoms with Crippen molar-refractivity contribution < 1.29 is 13.5 Å². The number of halogens is 1. The summed E-state index contributed by atoms with van der Waals surface area (Å²) < 4.78 is 26.4. The molecule has 0 amide bonds. The topological polar surface area (TPSA) is 68.3 Å². The van der Waals surface area contributed by atoms with Crippen LogP contribution in [0.25, 0.3) is 22.1 Å². The van der Waals surface area contributed by atoms with Gasteiger partial charge < -0.3 is 13.7 Å². The van der Waals surface area contributed by atoms with E-state index in [1.807, 2.05) is 23.7 Å². The molecule has 2 aromatic carbocycles. The molecule has 0 spiro atoms. The second-order valence-electron chi connectivity index (χ2n) is 7.13. The Morgan fingerprint density at radius 3 is 2.86 bits per heavy atom. The van der Waals surface area contributed by atoms with E-state index in [1.165, 1.54) is 17.7 Å². The second kappa shape index (κ2) is 6.57. The standard InChI is InChI=1S/C20H20FN5O2/c1-25-17-5-4-13(21)8-15(17)22-19(25)24-20-23-16-7-12(3-6-18(16)28-20)9-26-10-14(11-26)27-2/h3-8,14H,9-11H2,1-2H3,(H,22,23,24). The van der Waals surface area contributed by atoms with E-state index >= 15 is 0 Å². The second-order valence-corrected chi connectivity index (χ2v) is 7.13. The van der Waals surface area contributed by atoms with Crippen LogP contribution in [0.1, 0.15) is 5.56 Å². The number of likely N-dealkylation sites (tertiary alicyclic amines) is 1. The molecule has 0 unspecified atom stereocenters. The van der Waals surface area contributed by atoms with Gasteiger partial charge in [-0.25, -0.2) is 9.37 Å². The highest BCUT2D eigenvalue weighted by Crippen LogP contribution is 2.26. The van der Waals surface area contributed by atoms with Crippen LogP contribution in [0.3, 0.4) is 0 Å². The first-order valence-corrected chi connectivity index (χ1v) is 9.12. The number of benzene rings is 2. The summed E-state index contributed by atoms with van der Waals surface area (Å²) in [4.78, 5) is 11.3. The van der Waals surface area contributed by atoms with E-state index in [9.17, 15) is 4.39 Å². The zero-order valence-electron chi connectivity index (χ0n) is 15.6. The number of fused-ring (bicyclic) bond motifs is 2. The van der Waals surface area contributed by atoms with Crippen LogP contribution in [0.2, 0.25) is 0 Å². The van der Waals surface area contributed by atoms with Crippen molar-refractivity contribution in [3.8, 4) is 0 Å². The number of nitrogens with one attached hydrogen (secondary N) is 1. The van der Waals surface area contributed by atoms with Gasteiger partial charge in [-0.05, 0) is 29.8 Å². The van der Waals surface area contributed by atoms with Crippen LogP contribution in [0.15, 0.2) is 40.8 Å². The highest BCUT2D eigenvalue weighted by molar-refractivity contribution is 5.80. The summed E-state index contributed by atoms with van der Waals surface area (Å²) in [6, 6.07) is 10.9. The molecule has 144 valence electrons. The molecule has 1 aliphatic rings. The number of anilines is 2. The molecule has 0 atom stereocenters. The number of rotatable bonds is 5. The van der Waals surface area contributed by atoms with Crippen LogP contribution in [0.5, 0.6) is 0 Å². The number of imidazole rings is 1. The summed E-state index contributed by atoms with van der Waals surface area (Å²) in [6.45, 7) is 2.77. The number of hydrogen-bond donors (Lipinski definition) is 1. The van der Waals surface area contributed by atoms with Gasteiger partial charge in [0.1, 0.15) is 11.3 Å². The maximum atomic E-state index is 13.4. The van der Waals surface area contributed by atoms with Gasteiger partial charge in [0.2, 0.25) is 5.95 Å². The predicted octanol–water partition coefficient (Wildman–Crippen LogP) is 3.43. The molecule has 7 nitrogen and oxygen atoms in total. The molecule has 1 N–H and O–H groups in total. The lowest BCUT2D eigenvalue weighted by molar-refractivity contribution is -0.0333. The Balaban J connectivity index is 1.37. The molecule has 0 aliphatic carbocycles. The molecule has 5 rings (SSSR count). The van der Waals surface area contributed by atoms with Gasteiger partial charge in [-0.3, -0.25) is 10.2 Å². The zero-order valence-corrected chi connectivity index (χ0v) is 15.6. The predicted molar refractivity (Wildman–Crippen MR) is 104 cm³/mol. The van der Waals surface area contributed by atoms with Crippen LogP contribution in [-0.2, 0) is 18.3 Å². The fourth-order valence-electron chi connectivity index (χ4n) is 3.56. The van der Waals surface area contributed by atoms with Crippen LogP contribution >= 0.6 is 0 Å². The first-order valence-electron chi connectivity index (χ1n) is 9.12. The summed E-state index contributed by atoms with van der Waals surface area (Å²) >= 11 is 0. The average Bonchev–Trinajstić information content (AvgIpc) is 3.18. The fraction of sp³-hybridized carbons (Fsp3) is 0.300. The maximum absolute atomic E-state index is 13.4. The summed E-state index contributed by atoms with van der Waals surface area (Å²) in [5, 5.41) is 3.09. The van der Waals surface area contributed by atoms with Gasteiger partial charge in [0, 0.05) is 39.9 Å². The highest BCUT2D eigenvalue weighted by Gasteiger charge is 2.26. The Morgan fingerprint density at radius 1 is 1.18 bits per heavy atom. The van der Waals surface area contributed by atoms with Gasteiger partial charge in [0.05, 0.1) is 17.1 Å². The number of hydrogen-bond acceptors (Lipinski definition) is 6. The van der Waals surface area contributed by atoms with Crippen molar-refractivity contribution in [3.63, 3.8) is 0 Å². The maximum Gasteiger partial charge on any atom is 0.302 e. The van der Waals surface area contributed by atoms with Gasteiger partial charge in [0.15, 0.2) is 5.58 Å². The van der Waals surface area contributed by atoms with E-state index in [1.54, 1.807) is 13.2 Å². The van der Waals surface area contributed by atoms with E-state index < -0.39 is 0 Å². The van der Waals surface area contributed by atoms with Crippen LogP contribution in [0, 0.1) is 5.82 Å². The summed E-state index contributed by atoms with van der Waals surface area (Å²) in [5.74, 6) is 0.226. The first-order chi connectivity index (χ1) is 13.6. The normalized spacial score (nSPS) is 15.4. The minimum absolute atomic E-state index is 0.314. The third kappa shape index (κ3) is 3.00.